The molecule has 0 aliphatic rings. The molecule has 0 bridgehead atoms. The molecular formula is C13H15N3O3. The topological polar surface area (TPSA) is 77.2 Å². The summed E-state index contributed by atoms with van der Waals surface area (Å²) in [7, 11) is 1.61. The zero-order chi connectivity index (χ0) is 13.7. The van der Waals surface area contributed by atoms with Gasteiger partial charge in [0.25, 0.3) is 0 Å². The number of aliphatic carboxylic acids is 1. The highest BCUT2D eigenvalue weighted by atomic mass is 16.5. The zero-order valence-electron chi connectivity index (χ0n) is 10.6. The highest BCUT2D eigenvalue weighted by Crippen LogP contribution is 2.16. The van der Waals surface area contributed by atoms with E-state index in [1.807, 2.05) is 24.3 Å². The second-order valence-electron chi connectivity index (χ2n) is 4.08. The SMILES string of the molecule is COc1ccc(-n2nncc2CCCC(=O)O)cc1. The molecule has 6 heteroatoms. The van der Waals surface area contributed by atoms with E-state index in [1.165, 1.54) is 0 Å². The lowest BCUT2D eigenvalue weighted by Crippen LogP contribution is -2.04. The van der Waals surface area contributed by atoms with E-state index in [4.69, 9.17) is 9.84 Å². The minimum Gasteiger partial charge on any atom is -0.497 e. The maximum atomic E-state index is 10.5. The molecule has 1 heterocycles. The second-order valence-corrected chi connectivity index (χ2v) is 4.08. The first-order chi connectivity index (χ1) is 9.20. The Morgan fingerprint density at radius 2 is 2.11 bits per heavy atom. The van der Waals surface area contributed by atoms with E-state index in [1.54, 1.807) is 18.0 Å². The van der Waals surface area contributed by atoms with E-state index >= 15 is 0 Å². The average Bonchev–Trinajstić information content (AvgIpc) is 2.87. The van der Waals surface area contributed by atoms with Gasteiger partial charge in [0.1, 0.15) is 5.75 Å². The van der Waals surface area contributed by atoms with Crippen LogP contribution in [0.25, 0.3) is 5.69 Å². The third-order valence-corrected chi connectivity index (χ3v) is 2.76. The molecule has 6 nitrogen and oxygen atoms in total. The monoisotopic (exact) mass is 261 g/mol. The summed E-state index contributed by atoms with van der Waals surface area (Å²) in [6.45, 7) is 0. The van der Waals surface area contributed by atoms with Crippen LogP contribution in [0.1, 0.15) is 18.5 Å². The number of hydrogen-bond acceptors (Lipinski definition) is 4. The summed E-state index contributed by atoms with van der Waals surface area (Å²) in [4.78, 5) is 10.5. The molecule has 0 atom stereocenters. The van der Waals surface area contributed by atoms with Gasteiger partial charge in [-0.15, -0.1) is 5.10 Å². The van der Waals surface area contributed by atoms with Gasteiger partial charge in [-0.25, -0.2) is 4.68 Å². The van der Waals surface area contributed by atoms with E-state index in [9.17, 15) is 4.79 Å². The Hall–Kier alpha value is -2.37. The lowest BCUT2D eigenvalue weighted by Gasteiger charge is -2.06. The fraction of sp³-hybridized carbons (Fsp3) is 0.308. The van der Waals surface area contributed by atoms with Crippen molar-refractivity contribution in [3.63, 3.8) is 0 Å². The summed E-state index contributed by atoms with van der Waals surface area (Å²) in [6.07, 6.45) is 3.00. The van der Waals surface area contributed by atoms with Crippen LogP contribution in [0.3, 0.4) is 0 Å². The Morgan fingerprint density at radius 1 is 1.37 bits per heavy atom. The van der Waals surface area contributed by atoms with Gasteiger partial charge in [0.15, 0.2) is 0 Å². The number of carbonyl (C=O) groups is 1. The molecule has 1 aromatic heterocycles. The summed E-state index contributed by atoms with van der Waals surface area (Å²) < 4.78 is 6.81. The molecule has 0 spiro atoms. The van der Waals surface area contributed by atoms with Crippen LogP contribution >= 0.6 is 0 Å². The third kappa shape index (κ3) is 3.31. The third-order valence-electron chi connectivity index (χ3n) is 2.76. The molecule has 1 N–H and O–H groups in total. The molecule has 0 unspecified atom stereocenters. The maximum absolute atomic E-state index is 10.5. The molecule has 0 saturated carbocycles. The van der Waals surface area contributed by atoms with Gasteiger partial charge in [-0.05, 0) is 37.1 Å². The maximum Gasteiger partial charge on any atom is 0.303 e. The molecule has 2 rings (SSSR count). The Morgan fingerprint density at radius 3 is 2.74 bits per heavy atom. The first kappa shape index (κ1) is 13.1. The molecule has 0 amide bonds. The van der Waals surface area contributed by atoms with Crippen molar-refractivity contribution in [3.8, 4) is 11.4 Å². The molecule has 1 aromatic carbocycles. The number of nitrogens with zero attached hydrogens (tertiary/aromatic N) is 3. The van der Waals surface area contributed by atoms with Crippen molar-refractivity contribution in [1.29, 1.82) is 0 Å². The summed E-state index contributed by atoms with van der Waals surface area (Å²) >= 11 is 0. The highest BCUT2D eigenvalue weighted by Gasteiger charge is 2.07. The van der Waals surface area contributed by atoms with Gasteiger partial charge in [0, 0.05) is 6.42 Å². The van der Waals surface area contributed by atoms with Crippen LogP contribution in [-0.2, 0) is 11.2 Å². The largest absolute Gasteiger partial charge is 0.497 e. The molecule has 0 aliphatic carbocycles. The van der Waals surface area contributed by atoms with Gasteiger partial charge in [0.2, 0.25) is 0 Å². The van der Waals surface area contributed by atoms with Crippen molar-refractivity contribution in [2.24, 2.45) is 0 Å². The van der Waals surface area contributed by atoms with Gasteiger partial charge in [0.05, 0.1) is 24.7 Å². The van der Waals surface area contributed by atoms with Crippen LogP contribution in [-0.4, -0.2) is 33.2 Å². The van der Waals surface area contributed by atoms with Crippen molar-refractivity contribution < 1.29 is 14.6 Å². The van der Waals surface area contributed by atoms with E-state index in [0.29, 0.717) is 12.8 Å². The molecule has 2 aromatic rings. The van der Waals surface area contributed by atoms with Crippen molar-refractivity contribution >= 4 is 5.97 Å². The predicted molar refractivity (Wildman–Crippen MR) is 68.5 cm³/mol. The van der Waals surface area contributed by atoms with Crippen LogP contribution in [0, 0.1) is 0 Å². The Kier molecular flexibility index (Phi) is 4.12. The quantitative estimate of drug-likeness (QED) is 0.856. The second kappa shape index (κ2) is 5.99. The predicted octanol–water partition coefficient (Wildman–Crippen LogP) is 1.68. The Labute approximate surface area is 110 Å². The summed E-state index contributed by atoms with van der Waals surface area (Å²) in [5, 5.41) is 16.5. The molecule has 0 aliphatic heterocycles. The van der Waals surface area contributed by atoms with Gasteiger partial charge >= 0.3 is 5.97 Å². The van der Waals surface area contributed by atoms with Crippen molar-refractivity contribution in [1.82, 2.24) is 15.0 Å². The average molecular weight is 261 g/mol. The summed E-state index contributed by atoms with van der Waals surface area (Å²) in [6, 6.07) is 7.46. The minimum absolute atomic E-state index is 0.147. The fourth-order valence-corrected chi connectivity index (χ4v) is 1.79. The number of rotatable bonds is 6. The standard InChI is InChI=1S/C13H15N3O3/c1-19-12-7-5-10(6-8-12)16-11(9-14-15-16)3-2-4-13(17)18/h5-9H,2-4H2,1H3,(H,17,18). The molecular weight excluding hydrogens is 246 g/mol. The van der Waals surface area contributed by atoms with E-state index in [-0.39, 0.29) is 6.42 Å². The smallest absolute Gasteiger partial charge is 0.303 e. The number of methoxy groups -OCH3 is 1. The lowest BCUT2D eigenvalue weighted by atomic mass is 10.2. The van der Waals surface area contributed by atoms with Crippen LogP contribution in [0.15, 0.2) is 30.5 Å². The Bertz CT molecular complexity index is 549. The number of ether oxygens (including phenoxy) is 1. The minimum atomic E-state index is -0.788. The summed E-state index contributed by atoms with van der Waals surface area (Å²) in [5.74, 6) is -0.0141. The zero-order valence-corrected chi connectivity index (χ0v) is 10.6. The number of aryl methyl sites for hydroxylation is 1. The normalized spacial score (nSPS) is 10.4. The van der Waals surface area contributed by atoms with Gasteiger partial charge in [-0.2, -0.15) is 0 Å². The van der Waals surface area contributed by atoms with Crippen LogP contribution < -0.4 is 4.74 Å². The highest BCUT2D eigenvalue weighted by molar-refractivity contribution is 5.66. The number of carboxylic acid groups (broad SMARTS) is 1. The van der Waals surface area contributed by atoms with E-state index < -0.39 is 5.97 Å². The number of carboxylic acids is 1. The van der Waals surface area contributed by atoms with Gasteiger partial charge in [-0.3, -0.25) is 4.79 Å². The first-order valence-corrected chi connectivity index (χ1v) is 5.96. The molecule has 100 valence electrons. The fourth-order valence-electron chi connectivity index (χ4n) is 1.79. The van der Waals surface area contributed by atoms with E-state index in [0.717, 1.165) is 17.1 Å². The first-order valence-electron chi connectivity index (χ1n) is 5.96. The van der Waals surface area contributed by atoms with Gasteiger partial charge in [-0.1, -0.05) is 5.21 Å². The van der Waals surface area contributed by atoms with Crippen molar-refractivity contribution in [2.45, 2.75) is 19.3 Å². The Balaban J connectivity index is 2.11. The number of hydrogen-bond donors (Lipinski definition) is 1. The van der Waals surface area contributed by atoms with Crippen LogP contribution in [0.2, 0.25) is 0 Å². The van der Waals surface area contributed by atoms with E-state index in [2.05, 4.69) is 10.3 Å². The molecule has 0 saturated heterocycles. The lowest BCUT2D eigenvalue weighted by molar-refractivity contribution is -0.137. The van der Waals surface area contributed by atoms with Gasteiger partial charge < -0.3 is 9.84 Å². The molecule has 0 fully saturated rings. The summed E-state index contributed by atoms with van der Waals surface area (Å²) in [5.41, 5.74) is 1.77. The van der Waals surface area contributed by atoms with Crippen LogP contribution in [0.5, 0.6) is 5.75 Å². The number of benzene rings is 1. The number of aromatic nitrogens is 3. The molecule has 0 radical (unpaired) electrons. The van der Waals surface area contributed by atoms with Crippen molar-refractivity contribution in [2.75, 3.05) is 7.11 Å². The van der Waals surface area contributed by atoms with Crippen molar-refractivity contribution in [3.05, 3.63) is 36.2 Å². The molecule has 19 heavy (non-hydrogen) atoms. The van der Waals surface area contributed by atoms with Crippen LogP contribution in [0.4, 0.5) is 0 Å².